The lowest BCUT2D eigenvalue weighted by atomic mass is 9.90. The van der Waals surface area contributed by atoms with E-state index in [2.05, 4.69) is 56.2 Å². The maximum Gasteiger partial charge on any atom is 0.0294 e. The second-order valence-corrected chi connectivity index (χ2v) is 7.38. The van der Waals surface area contributed by atoms with Crippen LogP contribution in [0.5, 0.6) is 0 Å². The number of piperidine rings is 1. The van der Waals surface area contributed by atoms with E-state index in [1.54, 1.807) is 0 Å². The van der Waals surface area contributed by atoms with E-state index in [9.17, 15) is 0 Å². The highest BCUT2D eigenvalue weighted by molar-refractivity contribution is 5.32. The number of fused-ring (bicyclic) bond motifs is 2. The quantitative estimate of drug-likeness (QED) is 0.905. The third-order valence-electron chi connectivity index (χ3n) is 5.81. The van der Waals surface area contributed by atoms with E-state index < -0.39 is 0 Å². The van der Waals surface area contributed by atoms with Crippen LogP contribution < -0.4 is 5.32 Å². The fourth-order valence-corrected chi connectivity index (χ4v) is 4.37. The van der Waals surface area contributed by atoms with Crippen LogP contribution in [0.4, 0.5) is 0 Å². The first-order valence-electron chi connectivity index (χ1n) is 8.57. The molecule has 0 spiro atoms. The SMILES string of the molecule is Cc1ccc(C)c(C(C)NCC2CC3CCC(C2)N3C)c1. The molecule has 0 amide bonds. The first-order chi connectivity index (χ1) is 10.0. The molecule has 1 aromatic carbocycles. The van der Waals surface area contributed by atoms with Crippen molar-refractivity contribution in [2.75, 3.05) is 13.6 Å². The molecule has 116 valence electrons. The summed E-state index contributed by atoms with van der Waals surface area (Å²) in [5.41, 5.74) is 4.23. The first kappa shape index (κ1) is 15.1. The Balaban J connectivity index is 1.57. The van der Waals surface area contributed by atoms with E-state index in [1.165, 1.54) is 48.9 Å². The van der Waals surface area contributed by atoms with Crippen molar-refractivity contribution in [2.24, 2.45) is 5.92 Å². The number of rotatable bonds is 4. The van der Waals surface area contributed by atoms with Gasteiger partial charge in [0.25, 0.3) is 0 Å². The molecule has 2 aliphatic rings. The summed E-state index contributed by atoms with van der Waals surface area (Å²) < 4.78 is 0. The van der Waals surface area contributed by atoms with E-state index >= 15 is 0 Å². The molecule has 2 heteroatoms. The maximum atomic E-state index is 3.80. The number of hydrogen-bond donors (Lipinski definition) is 1. The zero-order valence-corrected chi connectivity index (χ0v) is 14.0. The van der Waals surface area contributed by atoms with Crippen LogP contribution in [0.25, 0.3) is 0 Å². The summed E-state index contributed by atoms with van der Waals surface area (Å²) >= 11 is 0. The van der Waals surface area contributed by atoms with Gasteiger partial charge in [-0.3, -0.25) is 0 Å². The largest absolute Gasteiger partial charge is 0.310 e. The molecule has 2 saturated heterocycles. The molecule has 3 rings (SSSR count). The summed E-state index contributed by atoms with van der Waals surface area (Å²) in [5, 5.41) is 3.80. The van der Waals surface area contributed by atoms with Crippen LogP contribution in [0, 0.1) is 19.8 Å². The van der Waals surface area contributed by atoms with Gasteiger partial charge < -0.3 is 10.2 Å². The molecule has 1 aromatic rings. The molecule has 3 atom stereocenters. The van der Waals surface area contributed by atoms with Crippen molar-refractivity contribution in [2.45, 2.75) is 64.6 Å². The normalized spacial score (nSPS) is 30.6. The summed E-state index contributed by atoms with van der Waals surface area (Å²) in [5.74, 6) is 0.867. The molecule has 0 aliphatic carbocycles. The zero-order chi connectivity index (χ0) is 15.0. The van der Waals surface area contributed by atoms with Gasteiger partial charge in [-0.25, -0.2) is 0 Å². The molecule has 21 heavy (non-hydrogen) atoms. The third kappa shape index (κ3) is 3.17. The van der Waals surface area contributed by atoms with Crippen LogP contribution in [-0.2, 0) is 0 Å². The molecule has 2 heterocycles. The first-order valence-corrected chi connectivity index (χ1v) is 8.57. The molecule has 2 bridgehead atoms. The minimum Gasteiger partial charge on any atom is -0.310 e. The number of nitrogens with zero attached hydrogens (tertiary/aromatic N) is 1. The third-order valence-corrected chi connectivity index (χ3v) is 5.81. The summed E-state index contributed by atoms with van der Waals surface area (Å²) in [6.07, 6.45) is 5.62. The Morgan fingerprint density at radius 1 is 1.19 bits per heavy atom. The molecule has 0 aromatic heterocycles. The second-order valence-electron chi connectivity index (χ2n) is 7.38. The van der Waals surface area contributed by atoms with Crippen molar-refractivity contribution < 1.29 is 0 Å². The van der Waals surface area contributed by atoms with Crippen molar-refractivity contribution in [1.82, 2.24) is 10.2 Å². The fraction of sp³-hybridized carbons (Fsp3) is 0.684. The van der Waals surface area contributed by atoms with E-state index in [4.69, 9.17) is 0 Å². The van der Waals surface area contributed by atoms with Crippen molar-refractivity contribution in [1.29, 1.82) is 0 Å². The van der Waals surface area contributed by atoms with Gasteiger partial charge in [0.15, 0.2) is 0 Å². The minimum atomic E-state index is 0.460. The highest BCUT2D eigenvalue weighted by Crippen LogP contribution is 2.37. The molecule has 2 nitrogen and oxygen atoms in total. The van der Waals surface area contributed by atoms with Gasteiger partial charge in [0.1, 0.15) is 0 Å². The summed E-state index contributed by atoms with van der Waals surface area (Å²) in [7, 11) is 2.32. The Bertz CT molecular complexity index is 482. The van der Waals surface area contributed by atoms with Gasteiger partial charge >= 0.3 is 0 Å². The van der Waals surface area contributed by atoms with E-state index in [-0.39, 0.29) is 0 Å². The monoisotopic (exact) mass is 286 g/mol. The van der Waals surface area contributed by atoms with Crippen LogP contribution in [0.2, 0.25) is 0 Å². The second kappa shape index (κ2) is 6.10. The van der Waals surface area contributed by atoms with Crippen LogP contribution in [0.15, 0.2) is 18.2 Å². The Kier molecular flexibility index (Phi) is 4.37. The lowest BCUT2D eigenvalue weighted by Crippen LogP contribution is -2.42. The average Bonchev–Trinajstić information content (AvgIpc) is 2.69. The van der Waals surface area contributed by atoms with Gasteiger partial charge in [0.05, 0.1) is 0 Å². The average molecular weight is 286 g/mol. The van der Waals surface area contributed by atoms with Crippen LogP contribution in [-0.4, -0.2) is 30.6 Å². The van der Waals surface area contributed by atoms with Crippen molar-refractivity contribution >= 4 is 0 Å². The summed E-state index contributed by atoms with van der Waals surface area (Å²) in [6.45, 7) is 7.90. The number of nitrogens with one attached hydrogen (secondary N) is 1. The molecular formula is C19H30N2. The van der Waals surface area contributed by atoms with Crippen LogP contribution >= 0.6 is 0 Å². The van der Waals surface area contributed by atoms with E-state index in [0.29, 0.717) is 6.04 Å². The molecule has 2 fully saturated rings. The Morgan fingerprint density at radius 2 is 1.86 bits per heavy atom. The summed E-state index contributed by atoms with van der Waals surface area (Å²) in [6, 6.07) is 8.96. The predicted molar refractivity (Wildman–Crippen MR) is 89.6 cm³/mol. The lowest BCUT2D eigenvalue weighted by Gasteiger charge is -2.37. The zero-order valence-electron chi connectivity index (χ0n) is 14.0. The summed E-state index contributed by atoms with van der Waals surface area (Å²) in [4.78, 5) is 2.63. The van der Waals surface area contributed by atoms with Crippen LogP contribution in [0.1, 0.15) is 55.3 Å². The van der Waals surface area contributed by atoms with Gasteiger partial charge in [0.2, 0.25) is 0 Å². The Labute approximate surface area is 129 Å². The fourth-order valence-electron chi connectivity index (χ4n) is 4.37. The van der Waals surface area contributed by atoms with Crippen molar-refractivity contribution in [3.63, 3.8) is 0 Å². The lowest BCUT2D eigenvalue weighted by molar-refractivity contribution is 0.131. The smallest absolute Gasteiger partial charge is 0.0294 e. The molecular weight excluding hydrogens is 256 g/mol. The van der Waals surface area contributed by atoms with Gasteiger partial charge in [-0.2, -0.15) is 0 Å². The van der Waals surface area contributed by atoms with E-state index in [0.717, 1.165) is 18.0 Å². The highest BCUT2D eigenvalue weighted by Gasteiger charge is 2.38. The van der Waals surface area contributed by atoms with Gasteiger partial charge in [0, 0.05) is 18.1 Å². The molecule has 0 radical (unpaired) electrons. The Hall–Kier alpha value is -0.860. The predicted octanol–water partition coefficient (Wildman–Crippen LogP) is 3.83. The number of benzene rings is 1. The van der Waals surface area contributed by atoms with Crippen LogP contribution in [0.3, 0.4) is 0 Å². The highest BCUT2D eigenvalue weighted by atomic mass is 15.2. The van der Waals surface area contributed by atoms with Crippen molar-refractivity contribution in [3.05, 3.63) is 34.9 Å². The maximum absolute atomic E-state index is 3.80. The number of hydrogen-bond acceptors (Lipinski definition) is 2. The molecule has 0 saturated carbocycles. The van der Waals surface area contributed by atoms with E-state index in [1.807, 2.05) is 0 Å². The molecule has 3 unspecified atom stereocenters. The number of aryl methyl sites for hydroxylation is 2. The Morgan fingerprint density at radius 3 is 2.52 bits per heavy atom. The van der Waals surface area contributed by atoms with Gasteiger partial charge in [-0.05, 0) is 77.1 Å². The molecule has 2 aliphatic heterocycles. The van der Waals surface area contributed by atoms with Crippen molar-refractivity contribution in [3.8, 4) is 0 Å². The minimum absolute atomic E-state index is 0.460. The standard InChI is InChI=1S/C19H30N2/c1-13-5-6-14(2)19(9-13)15(3)20-12-16-10-17-7-8-18(11-16)21(17)4/h5-6,9,15-18,20H,7-8,10-12H2,1-4H3. The van der Waals surface area contributed by atoms with Gasteiger partial charge in [-0.15, -0.1) is 0 Å². The molecule has 1 N–H and O–H groups in total. The topological polar surface area (TPSA) is 15.3 Å². The van der Waals surface area contributed by atoms with Gasteiger partial charge in [-0.1, -0.05) is 23.8 Å².